The zero-order valence-electron chi connectivity index (χ0n) is 45.3. The molecule has 28 atom stereocenters. The van der Waals surface area contributed by atoms with Crippen molar-refractivity contribution in [3.8, 4) is 0 Å². The Morgan fingerprint density at radius 2 is 1.17 bits per heavy atom. The molecule has 440 valence electrons. The van der Waals surface area contributed by atoms with E-state index in [1.54, 1.807) is 0 Å². The van der Waals surface area contributed by atoms with Gasteiger partial charge in [0.2, 0.25) is 6.29 Å². The van der Waals surface area contributed by atoms with Gasteiger partial charge in [0.05, 0.1) is 30.8 Å². The number of allylic oxidation sites excluding steroid dienone is 2. The molecule has 28 unspecified atom stereocenters. The van der Waals surface area contributed by atoms with Gasteiger partial charge in [-0.2, -0.15) is 0 Å². The lowest BCUT2D eigenvalue weighted by Crippen LogP contribution is -2.67. The summed E-state index contributed by atoms with van der Waals surface area (Å²) in [5, 5.41) is 139. The Bertz CT molecular complexity index is 2180. The number of hydrogen-bond acceptors (Lipinski definition) is 22. The molecule has 23 heteroatoms. The van der Waals surface area contributed by atoms with E-state index in [0.29, 0.717) is 32.1 Å². The highest BCUT2D eigenvalue weighted by atomic mass is 16.8. The highest BCUT2D eigenvalue weighted by Crippen LogP contribution is 2.76. The molecule has 9 aliphatic rings. The van der Waals surface area contributed by atoms with Crippen LogP contribution in [0.25, 0.3) is 0 Å². The van der Waals surface area contributed by atoms with Crippen molar-refractivity contribution >= 4 is 11.9 Å². The minimum Gasteiger partial charge on any atom is -0.479 e. The highest BCUT2D eigenvalue weighted by Gasteiger charge is 2.70. The molecule has 5 aliphatic carbocycles. The van der Waals surface area contributed by atoms with Crippen LogP contribution in [0.5, 0.6) is 0 Å². The van der Waals surface area contributed by atoms with Gasteiger partial charge in [-0.3, -0.25) is 4.79 Å². The van der Waals surface area contributed by atoms with Crippen molar-refractivity contribution in [1.82, 2.24) is 0 Å². The average Bonchev–Trinajstić information content (AvgIpc) is 3.44. The van der Waals surface area contributed by atoms with Crippen LogP contribution in [0, 0.1) is 50.2 Å². The lowest BCUT2D eigenvalue weighted by Gasteiger charge is -2.71. The SMILES string of the molecule is CC1OC(OC2C(O)C(OC3CCC4(C)C(CCC5(C)C4CC=C4C6CC(C)(C)CCC6(C(=O)OC6OC(CO)C(O)C(O)C6O)CCC45C)C3(C)C)OC(C(=O)O)C2O)C(OC2OC(CO)C(O)C(O)C2O)C(O)C1O. The summed E-state index contributed by atoms with van der Waals surface area (Å²) >= 11 is 0. The van der Waals surface area contributed by atoms with Gasteiger partial charge in [-0.15, -0.1) is 0 Å². The first-order valence-corrected chi connectivity index (χ1v) is 27.7. The molecule has 13 N–H and O–H groups in total. The first kappa shape index (κ1) is 59.5. The van der Waals surface area contributed by atoms with Gasteiger partial charge < -0.3 is 104 Å². The Morgan fingerprint density at radius 1 is 0.584 bits per heavy atom. The summed E-state index contributed by atoms with van der Waals surface area (Å²) in [6, 6.07) is 0. The molecule has 9 rings (SSSR count). The number of esters is 1. The third-order valence-electron chi connectivity index (χ3n) is 21.4. The summed E-state index contributed by atoms with van der Waals surface area (Å²) in [6.45, 7) is 15.7. The Morgan fingerprint density at radius 3 is 1.79 bits per heavy atom. The molecule has 4 saturated carbocycles. The van der Waals surface area contributed by atoms with Gasteiger partial charge in [0, 0.05) is 0 Å². The predicted molar refractivity (Wildman–Crippen MR) is 262 cm³/mol. The molecule has 8 fully saturated rings. The maximum atomic E-state index is 14.8. The highest BCUT2D eigenvalue weighted by molar-refractivity contribution is 5.79. The van der Waals surface area contributed by atoms with Gasteiger partial charge in [-0.1, -0.05) is 60.1 Å². The first-order valence-electron chi connectivity index (χ1n) is 27.7. The number of fused-ring (bicyclic) bond motifs is 7. The number of rotatable bonds is 11. The van der Waals surface area contributed by atoms with Gasteiger partial charge in [-0.05, 0) is 116 Å². The van der Waals surface area contributed by atoms with Crippen LogP contribution in [-0.4, -0.2) is 220 Å². The van der Waals surface area contributed by atoms with Crippen molar-refractivity contribution in [1.29, 1.82) is 0 Å². The third kappa shape index (κ3) is 9.66. The smallest absolute Gasteiger partial charge is 0.335 e. The van der Waals surface area contributed by atoms with Crippen LogP contribution in [-0.2, 0) is 47.5 Å². The number of aliphatic hydroxyl groups excluding tert-OH is 12. The van der Waals surface area contributed by atoms with E-state index in [1.807, 2.05) is 0 Å². The Hall–Kier alpha value is -2.08. The van der Waals surface area contributed by atoms with Gasteiger partial charge in [0.1, 0.15) is 85.5 Å². The monoisotopic (exact) mass is 1100 g/mol. The van der Waals surface area contributed by atoms with Crippen molar-refractivity contribution in [3.63, 3.8) is 0 Å². The van der Waals surface area contributed by atoms with Crippen LogP contribution in [0.4, 0.5) is 0 Å². The van der Waals surface area contributed by atoms with Crippen LogP contribution in [0.2, 0.25) is 0 Å². The number of carbonyl (C=O) groups is 2. The molecular formula is C54H86O23. The number of aliphatic carboxylic acids is 1. The summed E-state index contributed by atoms with van der Waals surface area (Å²) in [7, 11) is 0. The zero-order chi connectivity index (χ0) is 56.4. The van der Waals surface area contributed by atoms with Gasteiger partial charge in [-0.25, -0.2) is 4.79 Å². The third-order valence-corrected chi connectivity index (χ3v) is 21.4. The van der Waals surface area contributed by atoms with Crippen molar-refractivity contribution in [2.75, 3.05) is 13.2 Å². The van der Waals surface area contributed by atoms with E-state index in [4.69, 9.17) is 37.9 Å². The number of ether oxygens (including phenoxy) is 8. The summed E-state index contributed by atoms with van der Waals surface area (Å²) in [5.41, 5.74) is -1.23. The minimum absolute atomic E-state index is 0.0502. The Balaban J connectivity index is 0.940. The molecule has 0 amide bonds. The van der Waals surface area contributed by atoms with E-state index < -0.39 is 165 Å². The number of hydrogen-bond donors (Lipinski definition) is 13. The van der Waals surface area contributed by atoms with E-state index in [0.717, 1.165) is 32.1 Å². The molecule has 0 spiro atoms. The number of carboxylic acid groups (broad SMARTS) is 1. The minimum atomic E-state index is -2.06. The van der Waals surface area contributed by atoms with E-state index in [9.17, 15) is 76.0 Å². The normalized spacial score (nSPS) is 53.4. The fourth-order valence-electron chi connectivity index (χ4n) is 16.4. The lowest BCUT2D eigenvalue weighted by atomic mass is 9.33. The van der Waals surface area contributed by atoms with Gasteiger partial charge in [0.15, 0.2) is 25.0 Å². The molecule has 0 aromatic carbocycles. The fourth-order valence-corrected chi connectivity index (χ4v) is 16.4. The Labute approximate surface area is 448 Å². The largest absolute Gasteiger partial charge is 0.479 e. The molecule has 23 nitrogen and oxygen atoms in total. The standard InChI is InChI=1S/C54H86O23/c1-22-30(57)35(62)42(76-44-36(63)33(60)31(58)25(20-55)71-44)47(70-22)74-40-38(65)41(43(67)68)75-46(39(40)66)73-29-12-13-51(6)27(50(29,4)5)11-14-53(8)28(51)10-9-23-24-19-49(2,3)15-17-54(24,18-16-52(23,53)7)48(69)77-45-37(64)34(61)32(59)26(21-56)72-45/h9,22,24-42,44-47,55-66H,10-21H2,1-8H3,(H,67,68). The molecular weight excluding hydrogens is 1020 g/mol. The topological polar surface area (TPSA) is 371 Å². The van der Waals surface area contributed by atoms with Crippen molar-refractivity contribution in [2.45, 2.75) is 249 Å². The van der Waals surface area contributed by atoms with Gasteiger partial charge >= 0.3 is 11.9 Å². The number of aliphatic hydroxyl groups is 12. The van der Waals surface area contributed by atoms with E-state index in [1.165, 1.54) is 12.5 Å². The molecule has 0 bridgehead atoms. The van der Waals surface area contributed by atoms with Gasteiger partial charge in [0.25, 0.3) is 0 Å². The maximum absolute atomic E-state index is 14.8. The molecule has 0 aromatic rings. The van der Waals surface area contributed by atoms with E-state index >= 15 is 0 Å². The summed E-state index contributed by atoms with van der Waals surface area (Å²) in [5.74, 6) is -2.09. The van der Waals surface area contributed by atoms with Crippen molar-refractivity contribution in [3.05, 3.63) is 11.6 Å². The molecule has 0 radical (unpaired) electrons. The second kappa shape index (κ2) is 21.3. The first-order chi connectivity index (χ1) is 35.9. The molecule has 4 heterocycles. The maximum Gasteiger partial charge on any atom is 0.335 e. The summed E-state index contributed by atoms with van der Waals surface area (Å²) < 4.78 is 47.5. The second-order valence-corrected chi connectivity index (χ2v) is 26.3. The predicted octanol–water partition coefficient (Wildman–Crippen LogP) is -0.915. The van der Waals surface area contributed by atoms with Crippen molar-refractivity contribution < 1.29 is 114 Å². The zero-order valence-corrected chi connectivity index (χ0v) is 45.3. The van der Waals surface area contributed by atoms with E-state index in [2.05, 4.69) is 54.5 Å². The van der Waals surface area contributed by atoms with E-state index in [-0.39, 0.29) is 39.4 Å². The molecule has 4 saturated heterocycles. The summed E-state index contributed by atoms with van der Waals surface area (Å²) in [6.07, 6.45) is -25.8. The van der Waals surface area contributed by atoms with Crippen LogP contribution >= 0.6 is 0 Å². The number of carbonyl (C=O) groups excluding carboxylic acids is 1. The number of carboxylic acids is 1. The van der Waals surface area contributed by atoms with Crippen molar-refractivity contribution in [2.24, 2.45) is 50.2 Å². The molecule has 0 aromatic heterocycles. The fraction of sp³-hybridized carbons (Fsp3) is 0.926. The lowest BCUT2D eigenvalue weighted by molar-refractivity contribution is -0.388. The van der Waals surface area contributed by atoms with Crippen LogP contribution in [0.1, 0.15) is 120 Å². The average molecular weight is 1100 g/mol. The molecule has 4 aliphatic heterocycles. The van der Waals surface area contributed by atoms with Crippen LogP contribution in [0.3, 0.4) is 0 Å². The quantitative estimate of drug-likeness (QED) is 0.0676. The van der Waals surface area contributed by atoms with Crippen LogP contribution < -0.4 is 0 Å². The molecule has 77 heavy (non-hydrogen) atoms. The summed E-state index contributed by atoms with van der Waals surface area (Å²) in [4.78, 5) is 27.5. The Kier molecular flexibility index (Phi) is 16.5. The van der Waals surface area contributed by atoms with Crippen LogP contribution in [0.15, 0.2) is 11.6 Å². The second-order valence-electron chi connectivity index (χ2n) is 26.3.